The van der Waals surface area contributed by atoms with Gasteiger partial charge >= 0.3 is 5.97 Å². The second-order valence-corrected chi connectivity index (χ2v) is 2.86. The van der Waals surface area contributed by atoms with E-state index in [0.29, 0.717) is 0 Å². The minimum atomic E-state index is -0.812. The van der Waals surface area contributed by atoms with Crippen LogP contribution in [0.1, 0.15) is 11.1 Å². The molecule has 0 fully saturated rings. The lowest BCUT2D eigenvalue weighted by molar-refractivity contribution is -0.136. The Hall–Kier alpha value is -1.55. The zero-order valence-electron chi connectivity index (χ0n) is 9.28. The standard InChI is InChI=1S/C10H12O3.CH5N/c1-7-5-9(13-2)4-3-8(7)6-10(11)12;1-2/h3-5H,6H2,1-2H3,(H,11,12);2H2,1H3. The summed E-state index contributed by atoms with van der Waals surface area (Å²) in [7, 11) is 3.09. The van der Waals surface area contributed by atoms with E-state index in [1.54, 1.807) is 19.2 Å². The number of benzene rings is 1. The third kappa shape index (κ3) is 4.46. The highest BCUT2D eigenvalue weighted by atomic mass is 16.5. The molecule has 0 aromatic heterocycles. The van der Waals surface area contributed by atoms with Crippen LogP contribution in [-0.4, -0.2) is 25.2 Å². The summed E-state index contributed by atoms with van der Waals surface area (Å²) in [5, 5.41) is 8.59. The van der Waals surface area contributed by atoms with Crippen molar-refractivity contribution in [2.75, 3.05) is 14.2 Å². The molecule has 4 nitrogen and oxygen atoms in total. The number of aliphatic carboxylic acids is 1. The summed E-state index contributed by atoms with van der Waals surface area (Å²) in [5.74, 6) is -0.0556. The van der Waals surface area contributed by atoms with E-state index in [2.05, 4.69) is 5.73 Å². The quantitative estimate of drug-likeness (QED) is 0.788. The molecule has 0 saturated heterocycles. The first kappa shape index (κ1) is 13.4. The first-order valence-electron chi connectivity index (χ1n) is 4.56. The van der Waals surface area contributed by atoms with E-state index in [0.717, 1.165) is 16.9 Å². The normalized spacial score (nSPS) is 8.80. The molecule has 0 unspecified atom stereocenters. The lowest BCUT2D eigenvalue weighted by atomic mass is 10.1. The second kappa shape index (κ2) is 6.84. The van der Waals surface area contributed by atoms with Gasteiger partial charge in [0.15, 0.2) is 0 Å². The minimum absolute atomic E-state index is 0.0653. The van der Waals surface area contributed by atoms with Gasteiger partial charge in [0.2, 0.25) is 0 Å². The molecule has 0 amide bonds. The third-order valence-electron chi connectivity index (χ3n) is 1.89. The summed E-state index contributed by atoms with van der Waals surface area (Å²) in [6, 6.07) is 5.38. The maximum Gasteiger partial charge on any atom is 0.307 e. The third-order valence-corrected chi connectivity index (χ3v) is 1.89. The summed E-state index contributed by atoms with van der Waals surface area (Å²) in [4.78, 5) is 10.4. The monoisotopic (exact) mass is 211 g/mol. The maximum absolute atomic E-state index is 10.4. The number of ether oxygens (including phenoxy) is 1. The Morgan fingerprint density at radius 1 is 1.47 bits per heavy atom. The Balaban J connectivity index is 0.000000921. The fourth-order valence-corrected chi connectivity index (χ4v) is 1.16. The van der Waals surface area contributed by atoms with E-state index in [9.17, 15) is 4.79 Å². The van der Waals surface area contributed by atoms with Gasteiger partial charge in [-0.1, -0.05) is 6.07 Å². The van der Waals surface area contributed by atoms with Gasteiger partial charge in [0.25, 0.3) is 0 Å². The average molecular weight is 211 g/mol. The fourth-order valence-electron chi connectivity index (χ4n) is 1.16. The largest absolute Gasteiger partial charge is 0.497 e. The molecule has 3 N–H and O–H groups in total. The van der Waals surface area contributed by atoms with Crippen molar-refractivity contribution in [3.05, 3.63) is 29.3 Å². The number of nitrogens with two attached hydrogens (primary N) is 1. The molecule has 15 heavy (non-hydrogen) atoms. The highest BCUT2D eigenvalue weighted by molar-refractivity contribution is 5.70. The first-order valence-corrected chi connectivity index (χ1v) is 4.56. The number of carbonyl (C=O) groups is 1. The van der Waals surface area contributed by atoms with E-state index in [-0.39, 0.29) is 6.42 Å². The van der Waals surface area contributed by atoms with Crippen LogP contribution >= 0.6 is 0 Å². The van der Waals surface area contributed by atoms with Crippen molar-refractivity contribution in [3.8, 4) is 5.75 Å². The predicted molar refractivity (Wildman–Crippen MR) is 59.2 cm³/mol. The van der Waals surface area contributed by atoms with Crippen molar-refractivity contribution in [1.82, 2.24) is 0 Å². The van der Waals surface area contributed by atoms with Crippen LogP contribution < -0.4 is 10.5 Å². The van der Waals surface area contributed by atoms with Crippen LogP contribution in [0.2, 0.25) is 0 Å². The van der Waals surface area contributed by atoms with Crippen molar-refractivity contribution >= 4 is 5.97 Å². The summed E-state index contributed by atoms with van der Waals surface area (Å²) >= 11 is 0. The highest BCUT2D eigenvalue weighted by Gasteiger charge is 2.04. The van der Waals surface area contributed by atoms with E-state index >= 15 is 0 Å². The van der Waals surface area contributed by atoms with E-state index in [1.807, 2.05) is 13.0 Å². The minimum Gasteiger partial charge on any atom is -0.497 e. The molecule has 1 aromatic carbocycles. The van der Waals surface area contributed by atoms with Gasteiger partial charge in [0.1, 0.15) is 5.75 Å². The van der Waals surface area contributed by atoms with Crippen molar-refractivity contribution in [2.24, 2.45) is 5.73 Å². The molecular formula is C11H17NO3. The van der Waals surface area contributed by atoms with Gasteiger partial charge < -0.3 is 15.6 Å². The first-order chi connectivity index (χ1) is 7.13. The van der Waals surface area contributed by atoms with Gasteiger partial charge in [-0.25, -0.2) is 0 Å². The van der Waals surface area contributed by atoms with Gasteiger partial charge in [-0.3, -0.25) is 4.79 Å². The van der Waals surface area contributed by atoms with E-state index in [4.69, 9.17) is 9.84 Å². The topological polar surface area (TPSA) is 72.5 Å². The van der Waals surface area contributed by atoms with Crippen LogP contribution in [0.4, 0.5) is 0 Å². The molecule has 0 saturated carbocycles. The molecule has 0 radical (unpaired) electrons. The summed E-state index contributed by atoms with van der Waals surface area (Å²) in [6.45, 7) is 1.88. The average Bonchev–Trinajstić information content (AvgIpc) is 2.23. The Morgan fingerprint density at radius 2 is 2.07 bits per heavy atom. The molecule has 0 bridgehead atoms. The number of carboxylic acid groups (broad SMARTS) is 1. The molecule has 0 aliphatic heterocycles. The van der Waals surface area contributed by atoms with Gasteiger partial charge in [0.05, 0.1) is 13.5 Å². The number of hydrogen-bond donors (Lipinski definition) is 2. The summed E-state index contributed by atoms with van der Waals surface area (Å²) in [6.07, 6.45) is 0.0653. The number of aryl methyl sites for hydroxylation is 1. The van der Waals surface area contributed by atoms with Gasteiger partial charge in [-0.2, -0.15) is 0 Å². The van der Waals surface area contributed by atoms with Gasteiger partial charge in [0, 0.05) is 0 Å². The van der Waals surface area contributed by atoms with Crippen LogP contribution in [0.25, 0.3) is 0 Å². The molecular weight excluding hydrogens is 194 g/mol. The van der Waals surface area contributed by atoms with Crippen molar-refractivity contribution in [2.45, 2.75) is 13.3 Å². The SMILES string of the molecule is CN.COc1ccc(CC(=O)O)c(C)c1. The van der Waals surface area contributed by atoms with Gasteiger partial charge in [-0.05, 0) is 37.2 Å². The van der Waals surface area contributed by atoms with Crippen LogP contribution in [0.3, 0.4) is 0 Å². The molecule has 0 aliphatic rings. The van der Waals surface area contributed by atoms with Crippen LogP contribution in [0, 0.1) is 6.92 Å². The van der Waals surface area contributed by atoms with E-state index in [1.165, 1.54) is 7.05 Å². The number of methoxy groups -OCH3 is 1. The van der Waals surface area contributed by atoms with Crippen molar-refractivity contribution < 1.29 is 14.6 Å². The summed E-state index contributed by atoms with van der Waals surface area (Å²) in [5.41, 5.74) is 6.27. The Kier molecular flexibility index (Phi) is 6.13. The zero-order chi connectivity index (χ0) is 11.8. The van der Waals surface area contributed by atoms with Crippen molar-refractivity contribution in [3.63, 3.8) is 0 Å². The molecule has 1 aromatic rings. The van der Waals surface area contributed by atoms with Crippen LogP contribution in [-0.2, 0) is 11.2 Å². The smallest absolute Gasteiger partial charge is 0.307 e. The Bertz CT molecular complexity index is 324. The lowest BCUT2D eigenvalue weighted by Crippen LogP contribution is -2.01. The Labute approximate surface area is 89.7 Å². The predicted octanol–water partition coefficient (Wildman–Crippen LogP) is 1.21. The number of rotatable bonds is 3. The molecule has 0 spiro atoms. The molecule has 84 valence electrons. The van der Waals surface area contributed by atoms with E-state index < -0.39 is 5.97 Å². The van der Waals surface area contributed by atoms with Crippen LogP contribution in [0.5, 0.6) is 5.75 Å². The molecule has 4 heteroatoms. The highest BCUT2D eigenvalue weighted by Crippen LogP contribution is 2.16. The second-order valence-electron chi connectivity index (χ2n) is 2.86. The molecule has 1 rings (SSSR count). The van der Waals surface area contributed by atoms with Gasteiger partial charge in [-0.15, -0.1) is 0 Å². The van der Waals surface area contributed by atoms with Crippen LogP contribution in [0.15, 0.2) is 18.2 Å². The molecule has 0 atom stereocenters. The fraction of sp³-hybridized carbons (Fsp3) is 0.364. The maximum atomic E-state index is 10.4. The number of carboxylic acids is 1. The summed E-state index contributed by atoms with van der Waals surface area (Å²) < 4.78 is 5.01. The number of hydrogen-bond acceptors (Lipinski definition) is 3. The lowest BCUT2D eigenvalue weighted by Gasteiger charge is -2.05. The molecule has 0 heterocycles. The Morgan fingerprint density at radius 3 is 2.47 bits per heavy atom. The molecule has 0 aliphatic carbocycles. The zero-order valence-corrected chi connectivity index (χ0v) is 9.28. The van der Waals surface area contributed by atoms with Crippen molar-refractivity contribution in [1.29, 1.82) is 0 Å².